The number of amides is 1. The molecule has 0 radical (unpaired) electrons. The number of fused-ring (bicyclic) bond motifs is 1. The summed E-state index contributed by atoms with van der Waals surface area (Å²) in [7, 11) is -3.79. The van der Waals surface area contributed by atoms with Gasteiger partial charge in [-0.05, 0) is 55.0 Å². The van der Waals surface area contributed by atoms with E-state index >= 15 is 0 Å². The number of carbonyl (C=O) groups excluding carboxylic acids is 2. The Morgan fingerprint density at radius 3 is 2.22 bits per heavy atom. The second-order valence-corrected chi connectivity index (χ2v) is 9.09. The van der Waals surface area contributed by atoms with Gasteiger partial charge in [0.2, 0.25) is 5.91 Å². The van der Waals surface area contributed by atoms with Gasteiger partial charge in [-0.15, -0.1) is 0 Å². The lowest BCUT2D eigenvalue weighted by Gasteiger charge is -2.19. The molecule has 0 atom stereocenters. The van der Waals surface area contributed by atoms with E-state index in [4.69, 9.17) is 0 Å². The van der Waals surface area contributed by atoms with E-state index in [2.05, 4.69) is 4.72 Å². The fourth-order valence-electron chi connectivity index (χ4n) is 3.29. The normalized spacial score (nSPS) is 15.3. The number of rotatable bonds is 4. The van der Waals surface area contributed by atoms with Crippen LogP contribution in [0.4, 0.5) is 11.4 Å². The van der Waals surface area contributed by atoms with Crippen molar-refractivity contribution in [2.24, 2.45) is 0 Å². The topological polar surface area (TPSA) is 83.6 Å². The van der Waals surface area contributed by atoms with Gasteiger partial charge >= 0.3 is 0 Å². The molecule has 1 aliphatic heterocycles. The summed E-state index contributed by atoms with van der Waals surface area (Å²) in [5.74, 6) is -0.151. The van der Waals surface area contributed by atoms with Gasteiger partial charge in [-0.2, -0.15) is 0 Å². The van der Waals surface area contributed by atoms with E-state index in [0.29, 0.717) is 17.8 Å². The lowest BCUT2D eigenvalue weighted by atomic mass is 9.87. The number of benzene rings is 2. The van der Waals surface area contributed by atoms with Crippen molar-refractivity contribution in [2.75, 3.05) is 16.2 Å². The van der Waals surface area contributed by atoms with Crippen LogP contribution in [0.15, 0.2) is 47.4 Å². The molecule has 1 heterocycles. The monoisotopic (exact) mass is 386 g/mol. The van der Waals surface area contributed by atoms with Crippen LogP contribution in [-0.2, 0) is 20.2 Å². The molecule has 2 aromatic rings. The molecule has 27 heavy (non-hydrogen) atoms. The minimum atomic E-state index is -3.79. The SMILES string of the molecule is CC(=O)c1ccc(NS(=O)(=O)c2ccc3c(c2)C(C)(C)CN3C(C)=O)cc1. The first kappa shape index (κ1) is 19.1. The Balaban J connectivity index is 1.94. The van der Waals surface area contributed by atoms with Gasteiger partial charge in [0.15, 0.2) is 5.78 Å². The lowest BCUT2D eigenvalue weighted by molar-refractivity contribution is -0.116. The van der Waals surface area contributed by atoms with Crippen molar-refractivity contribution in [1.29, 1.82) is 0 Å². The van der Waals surface area contributed by atoms with Crippen molar-refractivity contribution in [3.63, 3.8) is 0 Å². The van der Waals surface area contributed by atoms with Gasteiger partial charge in [-0.3, -0.25) is 14.3 Å². The number of carbonyl (C=O) groups is 2. The summed E-state index contributed by atoms with van der Waals surface area (Å²) in [6.45, 7) is 7.44. The van der Waals surface area contributed by atoms with Crippen LogP contribution in [0, 0.1) is 0 Å². The highest BCUT2D eigenvalue weighted by Crippen LogP contribution is 2.41. The molecular weight excluding hydrogens is 364 g/mol. The van der Waals surface area contributed by atoms with Crippen molar-refractivity contribution >= 4 is 33.1 Å². The Kier molecular flexibility index (Phi) is 4.59. The van der Waals surface area contributed by atoms with E-state index in [0.717, 1.165) is 11.3 Å². The molecule has 2 aromatic carbocycles. The van der Waals surface area contributed by atoms with Crippen molar-refractivity contribution < 1.29 is 18.0 Å². The molecule has 1 N–H and O–H groups in total. The Labute approximate surface area is 159 Å². The van der Waals surface area contributed by atoms with Gasteiger partial charge in [0.1, 0.15) is 0 Å². The molecule has 0 aliphatic carbocycles. The van der Waals surface area contributed by atoms with E-state index < -0.39 is 10.0 Å². The first-order valence-electron chi connectivity index (χ1n) is 8.58. The maximum Gasteiger partial charge on any atom is 0.261 e. The number of anilines is 2. The molecule has 142 valence electrons. The van der Waals surface area contributed by atoms with Gasteiger partial charge < -0.3 is 4.90 Å². The minimum absolute atomic E-state index is 0.0684. The fourth-order valence-corrected chi connectivity index (χ4v) is 4.38. The second kappa shape index (κ2) is 6.49. The van der Waals surface area contributed by atoms with Crippen LogP contribution in [0.25, 0.3) is 0 Å². The standard InChI is InChI=1S/C20H22N2O4S/c1-13(23)15-5-7-16(8-6-15)21-27(25,26)17-9-10-19-18(11-17)20(3,4)12-22(19)14(2)24/h5-11,21H,12H2,1-4H3. The highest BCUT2D eigenvalue weighted by atomic mass is 32.2. The summed E-state index contributed by atoms with van der Waals surface area (Å²) in [6.07, 6.45) is 0. The minimum Gasteiger partial charge on any atom is -0.311 e. The molecule has 0 saturated heterocycles. The van der Waals surface area contributed by atoms with Crippen LogP contribution in [0.2, 0.25) is 0 Å². The molecule has 0 bridgehead atoms. The lowest BCUT2D eigenvalue weighted by Crippen LogP contribution is -2.31. The first-order chi connectivity index (χ1) is 12.5. The van der Waals surface area contributed by atoms with Crippen molar-refractivity contribution in [3.05, 3.63) is 53.6 Å². The molecule has 1 amide bonds. The number of hydrogen-bond acceptors (Lipinski definition) is 4. The summed E-state index contributed by atoms with van der Waals surface area (Å²) < 4.78 is 28.1. The predicted octanol–water partition coefficient (Wildman–Crippen LogP) is 3.33. The van der Waals surface area contributed by atoms with Gasteiger partial charge in [0, 0.05) is 35.8 Å². The van der Waals surface area contributed by atoms with Crippen LogP contribution in [0.3, 0.4) is 0 Å². The molecule has 0 spiro atoms. The molecule has 7 heteroatoms. The summed E-state index contributed by atoms with van der Waals surface area (Å²) in [6, 6.07) is 11.1. The molecule has 0 saturated carbocycles. The molecule has 1 aliphatic rings. The van der Waals surface area contributed by atoms with E-state index in [1.54, 1.807) is 41.3 Å². The molecule has 0 unspecified atom stereocenters. The van der Waals surface area contributed by atoms with E-state index in [1.807, 2.05) is 13.8 Å². The van der Waals surface area contributed by atoms with Crippen molar-refractivity contribution in [3.8, 4) is 0 Å². The van der Waals surface area contributed by atoms with E-state index in [9.17, 15) is 18.0 Å². The van der Waals surface area contributed by atoms with Crippen LogP contribution < -0.4 is 9.62 Å². The Hall–Kier alpha value is -2.67. The zero-order valence-electron chi connectivity index (χ0n) is 15.7. The van der Waals surface area contributed by atoms with Crippen molar-refractivity contribution in [2.45, 2.75) is 38.0 Å². The van der Waals surface area contributed by atoms with Gasteiger partial charge in [0.25, 0.3) is 10.0 Å². The Morgan fingerprint density at radius 1 is 1.04 bits per heavy atom. The summed E-state index contributed by atoms with van der Waals surface area (Å²) >= 11 is 0. The maximum absolute atomic E-state index is 12.8. The number of nitrogens with one attached hydrogen (secondary N) is 1. The largest absolute Gasteiger partial charge is 0.311 e. The quantitative estimate of drug-likeness (QED) is 0.817. The van der Waals surface area contributed by atoms with Crippen LogP contribution in [0.1, 0.15) is 43.6 Å². The second-order valence-electron chi connectivity index (χ2n) is 7.41. The number of nitrogens with zero attached hydrogens (tertiary/aromatic N) is 1. The van der Waals surface area contributed by atoms with Crippen molar-refractivity contribution in [1.82, 2.24) is 0 Å². The molecule has 6 nitrogen and oxygen atoms in total. The predicted molar refractivity (Wildman–Crippen MR) is 105 cm³/mol. The Bertz CT molecular complexity index is 1020. The average molecular weight is 386 g/mol. The van der Waals surface area contributed by atoms with Gasteiger partial charge in [-0.25, -0.2) is 8.42 Å². The Morgan fingerprint density at radius 2 is 1.67 bits per heavy atom. The number of Topliss-reactive ketones (excluding diaryl/α,β-unsaturated/α-hetero) is 1. The van der Waals surface area contributed by atoms with Crippen LogP contribution in [-0.4, -0.2) is 26.7 Å². The number of ketones is 1. The smallest absolute Gasteiger partial charge is 0.261 e. The summed E-state index contributed by atoms with van der Waals surface area (Å²) in [4.78, 5) is 25.0. The fraction of sp³-hybridized carbons (Fsp3) is 0.300. The third kappa shape index (κ3) is 3.60. The highest BCUT2D eigenvalue weighted by molar-refractivity contribution is 7.92. The van der Waals surface area contributed by atoms with Gasteiger partial charge in [-0.1, -0.05) is 13.8 Å². The molecule has 3 rings (SSSR count). The van der Waals surface area contributed by atoms with Gasteiger partial charge in [0.05, 0.1) is 4.90 Å². The third-order valence-electron chi connectivity index (χ3n) is 4.78. The molecular formula is C20H22N2O4S. The van der Waals surface area contributed by atoms with E-state index in [1.165, 1.54) is 19.9 Å². The molecule has 0 aromatic heterocycles. The maximum atomic E-state index is 12.8. The number of hydrogen-bond donors (Lipinski definition) is 1. The highest BCUT2D eigenvalue weighted by Gasteiger charge is 2.37. The van der Waals surface area contributed by atoms with Crippen LogP contribution in [0.5, 0.6) is 0 Å². The summed E-state index contributed by atoms with van der Waals surface area (Å²) in [5, 5.41) is 0. The van der Waals surface area contributed by atoms with E-state index in [-0.39, 0.29) is 22.0 Å². The number of sulfonamides is 1. The summed E-state index contributed by atoms with van der Waals surface area (Å²) in [5.41, 5.74) is 2.13. The van der Waals surface area contributed by atoms with Crippen LogP contribution >= 0.6 is 0 Å². The first-order valence-corrected chi connectivity index (χ1v) is 10.1. The molecule has 0 fully saturated rings. The average Bonchev–Trinajstić information content (AvgIpc) is 2.86. The third-order valence-corrected chi connectivity index (χ3v) is 6.15. The zero-order valence-corrected chi connectivity index (χ0v) is 16.6. The zero-order chi connectivity index (χ0) is 20.0.